The lowest BCUT2D eigenvalue weighted by Crippen LogP contribution is -2.08. The quantitative estimate of drug-likeness (QED) is 0.835. The van der Waals surface area contributed by atoms with E-state index in [1.807, 2.05) is 18.3 Å². The zero-order chi connectivity index (χ0) is 13.0. The highest BCUT2D eigenvalue weighted by Gasteiger charge is 2.12. The second kappa shape index (κ2) is 5.60. The molecule has 0 amide bonds. The summed E-state index contributed by atoms with van der Waals surface area (Å²) in [6.45, 7) is 0.581. The Kier molecular flexibility index (Phi) is 3.89. The lowest BCUT2D eigenvalue weighted by Gasteiger charge is -2.10. The van der Waals surface area contributed by atoms with Crippen LogP contribution in [0.15, 0.2) is 36.5 Å². The summed E-state index contributed by atoms with van der Waals surface area (Å²) < 4.78 is 4.72. The second-order valence-corrected chi connectivity index (χ2v) is 4.17. The normalized spacial score (nSPS) is 10.1. The number of nitrogens with one attached hydrogen (secondary N) is 2. The third kappa shape index (κ3) is 2.84. The van der Waals surface area contributed by atoms with E-state index in [4.69, 9.17) is 16.3 Å². The number of hydrogen-bond donors (Lipinski definition) is 2. The predicted molar refractivity (Wildman–Crippen MR) is 70.9 cm³/mol. The Balaban J connectivity index is 2.19. The summed E-state index contributed by atoms with van der Waals surface area (Å²) in [5, 5.41) is 3.72. The first-order valence-electron chi connectivity index (χ1n) is 5.44. The van der Waals surface area contributed by atoms with Crippen LogP contribution in [0.5, 0.6) is 0 Å². The molecule has 1 heterocycles. The molecular formula is C13H13ClN2O2. The monoisotopic (exact) mass is 264 g/mol. The smallest absolute Gasteiger partial charge is 0.339 e. The number of H-pyrrole nitrogens is 1. The number of hydrogen-bond acceptors (Lipinski definition) is 3. The fourth-order valence-corrected chi connectivity index (χ4v) is 1.79. The van der Waals surface area contributed by atoms with Crippen LogP contribution in [0.2, 0.25) is 5.02 Å². The molecule has 0 bridgehead atoms. The van der Waals surface area contributed by atoms with E-state index in [2.05, 4.69) is 10.3 Å². The number of rotatable bonds is 4. The Labute approximate surface area is 110 Å². The van der Waals surface area contributed by atoms with Gasteiger partial charge >= 0.3 is 5.97 Å². The first-order valence-corrected chi connectivity index (χ1v) is 5.82. The summed E-state index contributed by atoms with van der Waals surface area (Å²) in [7, 11) is 1.35. The maximum Gasteiger partial charge on any atom is 0.339 e. The number of esters is 1. The fourth-order valence-electron chi connectivity index (χ4n) is 1.62. The van der Waals surface area contributed by atoms with Gasteiger partial charge in [0, 0.05) is 16.9 Å². The molecule has 94 valence electrons. The molecule has 0 fully saturated rings. The van der Waals surface area contributed by atoms with Crippen LogP contribution in [0.1, 0.15) is 16.1 Å². The molecule has 2 rings (SSSR count). The van der Waals surface area contributed by atoms with Crippen LogP contribution in [0.4, 0.5) is 5.69 Å². The van der Waals surface area contributed by atoms with Crippen molar-refractivity contribution in [1.82, 2.24) is 4.98 Å². The Morgan fingerprint density at radius 2 is 2.28 bits per heavy atom. The largest absolute Gasteiger partial charge is 0.465 e. The van der Waals surface area contributed by atoms with Gasteiger partial charge in [-0.2, -0.15) is 0 Å². The van der Waals surface area contributed by atoms with Crippen molar-refractivity contribution >= 4 is 23.3 Å². The lowest BCUT2D eigenvalue weighted by atomic mass is 10.1. The van der Waals surface area contributed by atoms with Gasteiger partial charge in [0.05, 0.1) is 24.9 Å². The molecule has 4 nitrogen and oxygen atoms in total. The Hall–Kier alpha value is -1.94. The van der Waals surface area contributed by atoms with E-state index < -0.39 is 0 Å². The Morgan fingerprint density at radius 1 is 1.44 bits per heavy atom. The van der Waals surface area contributed by atoms with Crippen molar-refractivity contribution in [3.05, 3.63) is 52.8 Å². The minimum atomic E-state index is -0.388. The van der Waals surface area contributed by atoms with E-state index in [9.17, 15) is 4.79 Å². The summed E-state index contributed by atoms with van der Waals surface area (Å²) in [6.07, 6.45) is 1.84. The van der Waals surface area contributed by atoms with Crippen LogP contribution < -0.4 is 5.32 Å². The molecule has 0 saturated heterocycles. The number of anilines is 1. The van der Waals surface area contributed by atoms with Crippen molar-refractivity contribution in [3.8, 4) is 0 Å². The van der Waals surface area contributed by atoms with Gasteiger partial charge in [-0.25, -0.2) is 4.79 Å². The molecule has 0 radical (unpaired) electrons. The van der Waals surface area contributed by atoms with Crippen LogP contribution in [-0.4, -0.2) is 18.1 Å². The van der Waals surface area contributed by atoms with Crippen molar-refractivity contribution in [2.75, 3.05) is 12.4 Å². The van der Waals surface area contributed by atoms with Crippen molar-refractivity contribution in [1.29, 1.82) is 0 Å². The van der Waals surface area contributed by atoms with E-state index in [0.717, 1.165) is 5.69 Å². The molecule has 0 atom stereocenters. The molecule has 18 heavy (non-hydrogen) atoms. The molecule has 0 spiro atoms. The third-order valence-corrected chi connectivity index (χ3v) is 2.75. The summed E-state index contributed by atoms with van der Waals surface area (Å²) in [4.78, 5) is 14.7. The standard InChI is InChI=1S/C13H13ClN2O2/c1-18-13(17)11-5-4-9(14)7-12(11)16-8-10-3-2-6-15-10/h2-7,15-16H,8H2,1H3. The molecule has 0 aliphatic rings. The number of carbonyl (C=O) groups is 1. The third-order valence-electron chi connectivity index (χ3n) is 2.52. The van der Waals surface area contributed by atoms with Gasteiger partial charge < -0.3 is 15.0 Å². The molecule has 0 saturated carbocycles. The molecule has 5 heteroatoms. The summed E-state index contributed by atoms with van der Waals surface area (Å²) in [6, 6.07) is 8.88. The fraction of sp³-hybridized carbons (Fsp3) is 0.154. The molecule has 0 unspecified atom stereocenters. The van der Waals surface area contributed by atoms with Gasteiger partial charge in [0.2, 0.25) is 0 Å². The minimum Gasteiger partial charge on any atom is -0.465 e. The molecule has 0 aliphatic carbocycles. The maximum atomic E-state index is 11.6. The van der Waals surface area contributed by atoms with Crippen LogP contribution in [-0.2, 0) is 11.3 Å². The lowest BCUT2D eigenvalue weighted by molar-refractivity contribution is 0.0602. The highest BCUT2D eigenvalue weighted by Crippen LogP contribution is 2.22. The van der Waals surface area contributed by atoms with Crippen LogP contribution in [0.3, 0.4) is 0 Å². The first kappa shape index (κ1) is 12.5. The van der Waals surface area contributed by atoms with E-state index in [1.54, 1.807) is 18.2 Å². The highest BCUT2D eigenvalue weighted by atomic mass is 35.5. The summed E-state index contributed by atoms with van der Waals surface area (Å²) in [5.41, 5.74) is 2.14. The van der Waals surface area contributed by atoms with Crippen LogP contribution in [0, 0.1) is 0 Å². The Morgan fingerprint density at radius 3 is 2.94 bits per heavy atom. The molecule has 1 aromatic heterocycles. The zero-order valence-corrected chi connectivity index (χ0v) is 10.6. The average Bonchev–Trinajstić information content (AvgIpc) is 2.88. The van der Waals surface area contributed by atoms with Gasteiger partial charge in [-0.3, -0.25) is 0 Å². The Bertz CT molecular complexity index is 538. The first-order chi connectivity index (χ1) is 8.70. The van der Waals surface area contributed by atoms with E-state index >= 15 is 0 Å². The van der Waals surface area contributed by atoms with Crippen molar-refractivity contribution < 1.29 is 9.53 Å². The topological polar surface area (TPSA) is 54.1 Å². The minimum absolute atomic E-state index is 0.388. The number of ether oxygens (including phenoxy) is 1. The van der Waals surface area contributed by atoms with Crippen molar-refractivity contribution in [2.24, 2.45) is 0 Å². The molecular weight excluding hydrogens is 252 g/mol. The summed E-state index contributed by atoms with van der Waals surface area (Å²) in [5.74, 6) is -0.388. The zero-order valence-electron chi connectivity index (χ0n) is 9.87. The molecule has 1 aromatic carbocycles. The van der Waals surface area contributed by atoms with Gasteiger partial charge in [0.1, 0.15) is 0 Å². The van der Waals surface area contributed by atoms with E-state index in [1.165, 1.54) is 7.11 Å². The van der Waals surface area contributed by atoms with Crippen molar-refractivity contribution in [2.45, 2.75) is 6.54 Å². The predicted octanol–water partition coefficient (Wildman–Crippen LogP) is 3.07. The van der Waals surface area contributed by atoms with Gasteiger partial charge in [-0.05, 0) is 30.3 Å². The maximum absolute atomic E-state index is 11.6. The van der Waals surface area contributed by atoms with E-state index in [0.29, 0.717) is 22.8 Å². The van der Waals surface area contributed by atoms with Gasteiger partial charge in [0.15, 0.2) is 0 Å². The number of aromatic nitrogens is 1. The van der Waals surface area contributed by atoms with Gasteiger partial charge in [-0.1, -0.05) is 11.6 Å². The van der Waals surface area contributed by atoms with E-state index in [-0.39, 0.29) is 5.97 Å². The molecule has 2 aromatic rings. The van der Waals surface area contributed by atoms with Crippen LogP contribution >= 0.6 is 11.6 Å². The number of halogens is 1. The second-order valence-electron chi connectivity index (χ2n) is 3.73. The molecule has 0 aliphatic heterocycles. The SMILES string of the molecule is COC(=O)c1ccc(Cl)cc1NCc1ccc[nH]1. The number of methoxy groups -OCH3 is 1. The highest BCUT2D eigenvalue weighted by molar-refractivity contribution is 6.31. The van der Waals surface area contributed by atoms with Crippen molar-refractivity contribution in [3.63, 3.8) is 0 Å². The number of benzene rings is 1. The van der Waals surface area contributed by atoms with Gasteiger partial charge in [0.25, 0.3) is 0 Å². The van der Waals surface area contributed by atoms with Gasteiger partial charge in [-0.15, -0.1) is 0 Å². The molecule has 2 N–H and O–H groups in total. The van der Waals surface area contributed by atoms with Crippen LogP contribution in [0.25, 0.3) is 0 Å². The average molecular weight is 265 g/mol. The number of aromatic amines is 1. The summed E-state index contributed by atoms with van der Waals surface area (Å²) >= 11 is 5.93. The number of carbonyl (C=O) groups excluding carboxylic acids is 1.